The van der Waals surface area contributed by atoms with Gasteiger partial charge in [-0.05, 0) is 6.42 Å². The molecule has 0 aliphatic rings. The monoisotopic (exact) mass is 213 g/mol. The molecule has 0 radical (unpaired) electrons. The highest BCUT2D eigenvalue weighted by Gasteiger charge is 1.96. The first-order valence-electron chi connectivity index (χ1n) is 4.25. The highest BCUT2D eigenvalue weighted by molar-refractivity contribution is 6.30. The molecule has 0 saturated carbocycles. The molecule has 76 valence electrons. The van der Waals surface area contributed by atoms with Gasteiger partial charge in [-0.2, -0.15) is 0 Å². The highest BCUT2D eigenvalue weighted by Crippen LogP contribution is 2.15. The van der Waals surface area contributed by atoms with E-state index in [4.69, 9.17) is 27.5 Å². The van der Waals surface area contributed by atoms with Crippen molar-refractivity contribution < 1.29 is 4.74 Å². The fourth-order valence-electron chi connectivity index (χ4n) is 0.924. The van der Waals surface area contributed by atoms with Crippen LogP contribution >= 0.6 is 11.6 Å². The fourth-order valence-corrected chi connectivity index (χ4v) is 1.09. The van der Waals surface area contributed by atoms with E-state index in [1.54, 1.807) is 18.5 Å². The first kappa shape index (κ1) is 10.8. The second kappa shape index (κ2) is 5.44. The highest BCUT2D eigenvalue weighted by atomic mass is 35.5. The van der Waals surface area contributed by atoms with Gasteiger partial charge in [-0.3, -0.25) is 10.4 Å². The van der Waals surface area contributed by atoms with Crippen LogP contribution in [0.3, 0.4) is 0 Å². The predicted octanol–water partition coefficient (Wildman–Crippen LogP) is 1.83. The minimum atomic E-state index is 0.179. The Kier molecular flexibility index (Phi) is 4.19. The Morgan fingerprint density at radius 1 is 1.57 bits per heavy atom. The summed E-state index contributed by atoms with van der Waals surface area (Å²) in [5.41, 5.74) is 5.19. The SMILES string of the molecule is N=C(N)CCCOc1cncc(Cl)c1. The number of halogens is 1. The lowest BCUT2D eigenvalue weighted by molar-refractivity contribution is 0.312. The summed E-state index contributed by atoms with van der Waals surface area (Å²) >= 11 is 5.71. The minimum Gasteiger partial charge on any atom is -0.492 e. The van der Waals surface area contributed by atoms with Gasteiger partial charge in [-0.1, -0.05) is 11.6 Å². The molecule has 0 fully saturated rings. The number of nitrogens with one attached hydrogen (secondary N) is 1. The quantitative estimate of drug-likeness (QED) is 0.445. The number of pyridine rings is 1. The maximum atomic E-state index is 7.00. The van der Waals surface area contributed by atoms with Crippen LogP contribution in [0.4, 0.5) is 0 Å². The van der Waals surface area contributed by atoms with Crippen molar-refractivity contribution in [1.82, 2.24) is 4.98 Å². The van der Waals surface area contributed by atoms with Gasteiger partial charge in [0.25, 0.3) is 0 Å². The molecule has 0 saturated heterocycles. The van der Waals surface area contributed by atoms with Gasteiger partial charge in [0.15, 0.2) is 0 Å². The summed E-state index contributed by atoms with van der Waals surface area (Å²) in [7, 11) is 0. The fraction of sp³-hybridized carbons (Fsp3) is 0.333. The van der Waals surface area contributed by atoms with Crippen molar-refractivity contribution in [3.63, 3.8) is 0 Å². The third-order valence-corrected chi connectivity index (χ3v) is 1.75. The molecule has 0 aliphatic carbocycles. The lowest BCUT2D eigenvalue weighted by atomic mass is 10.3. The average Bonchev–Trinajstić information content (AvgIpc) is 2.12. The molecule has 0 aliphatic heterocycles. The van der Waals surface area contributed by atoms with Crippen molar-refractivity contribution in [3.8, 4) is 5.75 Å². The molecule has 0 atom stereocenters. The Labute approximate surface area is 87.6 Å². The Bertz CT molecular complexity index is 317. The first-order chi connectivity index (χ1) is 6.68. The van der Waals surface area contributed by atoms with E-state index in [2.05, 4.69) is 4.98 Å². The van der Waals surface area contributed by atoms with E-state index in [9.17, 15) is 0 Å². The van der Waals surface area contributed by atoms with Crippen LogP contribution in [0, 0.1) is 5.41 Å². The van der Waals surface area contributed by atoms with Crippen LogP contribution in [-0.4, -0.2) is 17.4 Å². The lowest BCUT2D eigenvalue weighted by Crippen LogP contribution is -2.10. The molecule has 0 unspecified atom stereocenters. The van der Waals surface area contributed by atoms with Gasteiger partial charge in [0, 0.05) is 18.7 Å². The molecule has 0 bridgehead atoms. The topological polar surface area (TPSA) is 72.0 Å². The van der Waals surface area contributed by atoms with Crippen molar-refractivity contribution in [1.29, 1.82) is 5.41 Å². The Morgan fingerprint density at radius 2 is 2.36 bits per heavy atom. The van der Waals surface area contributed by atoms with Gasteiger partial charge in [-0.25, -0.2) is 0 Å². The largest absolute Gasteiger partial charge is 0.492 e. The van der Waals surface area contributed by atoms with E-state index in [1.807, 2.05) is 0 Å². The number of rotatable bonds is 5. The summed E-state index contributed by atoms with van der Waals surface area (Å²) in [6.07, 6.45) is 4.42. The first-order valence-corrected chi connectivity index (χ1v) is 4.62. The molecule has 3 N–H and O–H groups in total. The molecule has 1 rings (SSSR count). The summed E-state index contributed by atoms with van der Waals surface area (Å²) in [4.78, 5) is 3.87. The predicted molar refractivity (Wildman–Crippen MR) is 55.9 cm³/mol. The van der Waals surface area contributed by atoms with Crippen molar-refractivity contribution in [2.24, 2.45) is 5.73 Å². The second-order valence-electron chi connectivity index (χ2n) is 2.82. The Balaban J connectivity index is 2.28. The number of aromatic nitrogens is 1. The summed E-state index contributed by atoms with van der Waals surface area (Å²) in [5, 5.41) is 7.55. The molecule has 1 heterocycles. The second-order valence-corrected chi connectivity index (χ2v) is 3.25. The van der Waals surface area contributed by atoms with E-state index < -0.39 is 0 Å². The molecular weight excluding hydrogens is 202 g/mol. The number of hydrogen-bond acceptors (Lipinski definition) is 3. The summed E-state index contributed by atoms with van der Waals surface area (Å²) < 4.78 is 5.34. The average molecular weight is 214 g/mol. The molecular formula is C9H12ClN3O. The molecule has 5 heteroatoms. The standard InChI is InChI=1S/C9H12ClN3O/c10-7-4-8(6-13-5-7)14-3-1-2-9(11)12/h4-6H,1-3H2,(H3,11,12). The van der Waals surface area contributed by atoms with Gasteiger partial charge < -0.3 is 10.5 Å². The van der Waals surface area contributed by atoms with Gasteiger partial charge in [-0.15, -0.1) is 0 Å². The van der Waals surface area contributed by atoms with Crippen LogP contribution in [0.15, 0.2) is 18.5 Å². The van der Waals surface area contributed by atoms with Gasteiger partial charge in [0.05, 0.1) is 23.7 Å². The van der Waals surface area contributed by atoms with E-state index in [-0.39, 0.29) is 5.84 Å². The van der Waals surface area contributed by atoms with Crippen LogP contribution in [0.2, 0.25) is 5.02 Å². The van der Waals surface area contributed by atoms with E-state index in [0.29, 0.717) is 23.8 Å². The zero-order valence-electron chi connectivity index (χ0n) is 7.66. The van der Waals surface area contributed by atoms with Gasteiger partial charge in [0.2, 0.25) is 0 Å². The smallest absolute Gasteiger partial charge is 0.139 e. The van der Waals surface area contributed by atoms with Crippen molar-refractivity contribution in [3.05, 3.63) is 23.5 Å². The normalized spacial score (nSPS) is 9.79. The van der Waals surface area contributed by atoms with Crippen molar-refractivity contribution >= 4 is 17.4 Å². The Hall–Kier alpha value is -1.29. The number of nitrogens with zero attached hydrogens (tertiary/aromatic N) is 1. The third-order valence-electron chi connectivity index (χ3n) is 1.54. The van der Waals surface area contributed by atoms with E-state index in [1.165, 1.54) is 0 Å². The zero-order valence-corrected chi connectivity index (χ0v) is 8.42. The zero-order chi connectivity index (χ0) is 10.4. The van der Waals surface area contributed by atoms with Crippen LogP contribution < -0.4 is 10.5 Å². The Morgan fingerprint density at radius 3 is 3.00 bits per heavy atom. The van der Waals surface area contributed by atoms with Gasteiger partial charge in [0.1, 0.15) is 5.75 Å². The van der Waals surface area contributed by atoms with Crippen LogP contribution in [0.1, 0.15) is 12.8 Å². The lowest BCUT2D eigenvalue weighted by Gasteiger charge is -2.04. The molecule has 4 nitrogen and oxygen atoms in total. The minimum absolute atomic E-state index is 0.179. The maximum Gasteiger partial charge on any atom is 0.139 e. The molecule has 0 amide bonds. The van der Waals surface area contributed by atoms with Gasteiger partial charge >= 0.3 is 0 Å². The number of nitrogens with two attached hydrogens (primary N) is 1. The third kappa shape index (κ3) is 4.09. The molecule has 1 aromatic heterocycles. The molecule has 0 aromatic carbocycles. The number of amidine groups is 1. The van der Waals surface area contributed by atoms with Crippen LogP contribution in [0.5, 0.6) is 5.75 Å². The van der Waals surface area contributed by atoms with E-state index >= 15 is 0 Å². The van der Waals surface area contributed by atoms with Crippen molar-refractivity contribution in [2.75, 3.05) is 6.61 Å². The molecule has 14 heavy (non-hydrogen) atoms. The summed E-state index contributed by atoms with van der Waals surface area (Å²) in [5.74, 6) is 0.818. The molecule has 1 aromatic rings. The van der Waals surface area contributed by atoms with Crippen LogP contribution in [-0.2, 0) is 0 Å². The summed E-state index contributed by atoms with van der Waals surface area (Å²) in [6, 6.07) is 1.70. The summed E-state index contributed by atoms with van der Waals surface area (Å²) in [6.45, 7) is 0.515. The number of ether oxygens (including phenoxy) is 1. The van der Waals surface area contributed by atoms with Crippen molar-refractivity contribution in [2.45, 2.75) is 12.8 Å². The molecule has 0 spiro atoms. The number of hydrogen-bond donors (Lipinski definition) is 2. The van der Waals surface area contributed by atoms with Crippen LogP contribution in [0.25, 0.3) is 0 Å². The maximum absolute atomic E-state index is 7.00. The van der Waals surface area contributed by atoms with E-state index in [0.717, 1.165) is 6.42 Å².